The van der Waals surface area contributed by atoms with Crippen LogP contribution in [0.5, 0.6) is 17.2 Å². The Hall–Kier alpha value is -4.26. The maximum atomic E-state index is 13.3. The molecule has 0 saturated carbocycles. The zero-order chi connectivity index (χ0) is 23.4. The summed E-state index contributed by atoms with van der Waals surface area (Å²) in [6, 6.07) is 17.6. The predicted octanol–water partition coefficient (Wildman–Crippen LogP) is 4.69. The molecule has 0 fully saturated rings. The summed E-state index contributed by atoms with van der Waals surface area (Å²) < 4.78 is 16.5. The summed E-state index contributed by atoms with van der Waals surface area (Å²) in [5.41, 5.74) is 12.9. The van der Waals surface area contributed by atoms with Crippen LogP contribution in [-0.4, -0.2) is 29.7 Å². The Morgan fingerprint density at radius 3 is 2.76 bits per heavy atom. The first kappa shape index (κ1) is 20.4. The smallest absolute Gasteiger partial charge is 0.258 e. The van der Waals surface area contributed by atoms with Gasteiger partial charge >= 0.3 is 0 Å². The fraction of sp³-hybridized carbons (Fsp3) is 0.185. The molecule has 0 unspecified atom stereocenters. The molecular formula is C27H23N3O4. The van der Waals surface area contributed by atoms with Gasteiger partial charge in [0, 0.05) is 23.1 Å². The number of hydrogen-bond acceptors (Lipinski definition) is 6. The number of pyridine rings is 1. The summed E-state index contributed by atoms with van der Waals surface area (Å²) in [5.74, 6) is 2.07. The molecule has 7 nitrogen and oxygen atoms in total. The summed E-state index contributed by atoms with van der Waals surface area (Å²) >= 11 is 0. The number of carbonyl (C=O) groups excluding carboxylic acids is 1. The van der Waals surface area contributed by atoms with Crippen molar-refractivity contribution in [2.45, 2.75) is 20.0 Å². The molecule has 1 amide bonds. The first-order valence-corrected chi connectivity index (χ1v) is 11.1. The largest absolute Gasteiger partial charge is 0.496 e. The van der Waals surface area contributed by atoms with Crippen LogP contribution < -0.4 is 19.9 Å². The van der Waals surface area contributed by atoms with Crippen molar-refractivity contribution in [3.05, 3.63) is 77.0 Å². The van der Waals surface area contributed by atoms with Crippen LogP contribution in [0, 0.1) is 6.92 Å². The Morgan fingerprint density at radius 1 is 1.06 bits per heavy atom. The van der Waals surface area contributed by atoms with Gasteiger partial charge in [0.2, 0.25) is 6.79 Å². The van der Waals surface area contributed by atoms with E-state index in [2.05, 4.69) is 6.07 Å². The maximum Gasteiger partial charge on any atom is 0.258 e. The summed E-state index contributed by atoms with van der Waals surface area (Å²) in [6.45, 7) is 3.08. The number of aromatic nitrogens is 1. The van der Waals surface area contributed by atoms with E-state index in [1.807, 2.05) is 55.5 Å². The summed E-state index contributed by atoms with van der Waals surface area (Å²) in [6.07, 6.45) is 0. The number of hydrogen-bond donors (Lipinski definition) is 1. The topological polar surface area (TPSA) is 86.9 Å². The predicted molar refractivity (Wildman–Crippen MR) is 129 cm³/mol. The number of benzene rings is 3. The van der Waals surface area contributed by atoms with Crippen molar-refractivity contribution in [3.8, 4) is 28.4 Å². The molecule has 0 saturated heterocycles. The number of aryl methyl sites for hydroxylation is 1. The zero-order valence-electron chi connectivity index (χ0n) is 18.9. The molecule has 34 heavy (non-hydrogen) atoms. The highest BCUT2D eigenvalue weighted by Crippen LogP contribution is 2.40. The molecular weight excluding hydrogens is 430 g/mol. The van der Waals surface area contributed by atoms with E-state index in [1.165, 1.54) is 0 Å². The molecule has 0 spiro atoms. The first-order chi connectivity index (χ1) is 16.5. The summed E-state index contributed by atoms with van der Waals surface area (Å²) in [5, 5.41) is 0.762. The number of nitrogen functional groups attached to an aromatic ring is 1. The van der Waals surface area contributed by atoms with Gasteiger partial charge in [0.15, 0.2) is 11.5 Å². The van der Waals surface area contributed by atoms with E-state index in [9.17, 15) is 4.79 Å². The minimum Gasteiger partial charge on any atom is -0.496 e. The first-order valence-electron chi connectivity index (χ1n) is 11.1. The fourth-order valence-corrected chi connectivity index (χ4v) is 4.76. The number of amides is 1. The van der Waals surface area contributed by atoms with E-state index in [1.54, 1.807) is 12.0 Å². The molecule has 0 atom stereocenters. The number of fused-ring (bicyclic) bond motifs is 3. The third-order valence-corrected chi connectivity index (χ3v) is 6.43. The van der Waals surface area contributed by atoms with Gasteiger partial charge in [0.25, 0.3) is 5.91 Å². The van der Waals surface area contributed by atoms with Gasteiger partial charge in [-0.05, 0) is 36.8 Å². The van der Waals surface area contributed by atoms with Gasteiger partial charge in [-0.25, -0.2) is 4.98 Å². The van der Waals surface area contributed by atoms with Crippen molar-refractivity contribution in [2.24, 2.45) is 0 Å². The average Bonchev–Trinajstić information content (AvgIpc) is 3.43. The Labute approximate surface area is 196 Å². The van der Waals surface area contributed by atoms with Crippen molar-refractivity contribution in [3.63, 3.8) is 0 Å². The second-order valence-corrected chi connectivity index (χ2v) is 8.60. The maximum absolute atomic E-state index is 13.3. The molecule has 0 radical (unpaired) electrons. The quantitative estimate of drug-likeness (QED) is 0.483. The van der Waals surface area contributed by atoms with E-state index in [0.29, 0.717) is 35.8 Å². The van der Waals surface area contributed by atoms with Gasteiger partial charge in [-0.2, -0.15) is 0 Å². The van der Waals surface area contributed by atoms with Gasteiger partial charge in [-0.15, -0.1) is 0 Å². The lowest BCUT2D eigenvalue weighted by atomic mass is 9.97. The molecule has 2 aliphatic rings. The van der Waals surface area contributed by atoms with E-state index < -0.39 is 0 Å². The van der Waals surface area contributed by atoms with Crippen LogP contribution in [0.4, 0.5) is 5.69 Å². The van der Waals surface area contributed by atoms with Gasteiger partial charge < -0.3 is 24.8 Å². The van der Waals surface area contributed by atoms with Crippen LogP contribution in [0.25, 0.3) is 22.0 Å². The number of ether oxygens (including phenoxy) is 3. The monoisotopic (exact) mass is 453 g/mol. The highest BCUT2D eigenvalue weighted by Gasteiger charge is 2.33. The van der Waals surface area contributed by atoms with E-state index >= 15 is 0 Å². The molecule has 3 aromatic carbocycles. The molecule has 6 rings (SSSR count). The average molecular weight is 453 g/mol. The number of anilines is 1. The van der Waals surface area contributed by atoms with Crippen LogP contribution in [0.2, 0.25) is 0 Å². The lowest BCUT2D eigenvalue weighted by Gasteiger charge is -2.15. The highest BCUT2D eigenvalue weighted by molar-refractivity contribution is 6.11. The Morgan fingerprint density at radius 2 is 1.91 bits per heavy atom. The van der Waals surface area contributed by atoms with E-state index in [-0.39, 0.29) is 12.7 Å². The Bertz CT molecular complexity index is 1480. The second-order valence-electron chi connectivity index (χ2n) is 8.60. The lowest BCUT2D eigenvalue weighted by Crippen LogP contribution is -2.23. The molecule has 0 aliphatic carbocycles. The molecule has 2 N–H and O–H groups in total. The Kier molecular flexibility index (Phi) is 4.58. The van der Waals surface area contributed by atoms with Crippen LogP contribution in [-0.2, 0) is 13.1 Å². The molecule has 170 valence electrons. The third-order valence-electron chi connectivity index (χ3n) is 6.43. The molecule has 1 aromatic heterocycles. The zero-order valence-corrected chi connectivity index (χ0v) is 18.9. The van der Waals surface area contributed by atoms with Crippen molar-refractivity contribution in [1.82, 2.24) is 9.88 Å². The van der Waals surface area contributed by atoms with Crippen LogP contribution in [0.3, 0.4) is 0 Å². The standard InChI is InChI=1S/C27H23N3O4/c1-15-6-8-21(32-2)19(10-15)17-4-3-5-18-25(28)24-20(29-26(17)18)13-30(27(24)31)12-16-7-9-22-23(11-16)34-14-33-22/h3-11H,12-14H2,1-2H3,(H2,28,29). The normalized spacial score (nSPS) is 14.1. The highest BCUT2D eigenvalue weighted by atomic mass is 16.7. The summed E-state index contributed by atoms with van der Waals surface area (Å²) in [7, 11) is 1.66. The summed E-state index contributed by atoms with van der Waals surface area (Å²) in [4.78, 5) is 20.0. The third kappa shape index (κ3) is 3.12. The van der Waals surface area contributed by atoms with Crippen molar-refractivity contribution in [2.75, 3.05) is 19.6 Å². The number of para-hydroxylation sites is 1. The molecule has 4 aromatic rings. The molecule has 0 bridgehead atoms. The number of rotatable bonds is 4. The van der Waals surface area contributed by atoms with Gasteiger partial charge in [-0.1, -0.05) is 35.9 Å². The number of nitrogens with zero attached hydrogens (tertiary/aromatic N) is 2. The SMILES string of the molecule is COc1ccc(C)cc1-c1cccc2c(N)c3c(nc12)CN(Cc1ccc2c(c1)OCO2)C3=O. The van der Waals surface area contributed by atoms with Gasteiger partial charge in [0.05, 0.1) is 36.1 Å². The number of carbonyl (C=O) groups is 1. The fourth-order valence-electron chi connectivity index (χ4n) is 4.76. The van der Waals surface area contributed by atoms with Gasteiger partial charge in [0.1, 0.15) is 5.75 Å². The van der Waals surface area contributed by atoms with E-state index in [0.717, 1.165) is 44.7 Å². The van der Waals surface area contributed by atoms with Gasteiger partial charge in [-0.3, -0.25) is 4.79 Å². The lowest BCUT2D eigenvalue weighted by molar-refractivity contribution is 0.0767. The van der Waals surface area contributed by atoms with Crippen LogP contribution in [0.15, 0.2) is 54.6 Å². The second kappa shape index (κ2) is 7.66. The molecule has 2 aliphatic heterocycles. The van der Waals surface area contributed by atoms with Crippen molar-refractivity contribution in [1.29, 1.82) is 0 Å². The van der Waals surface area contributed by atoms with Crippen molar-refractivity contribution < 1.29 is 19.0 Å². The minimum atomic E-state index is -0.113. The minimum absolute atomic E-state index is 0.113. The van der Waals surface area contributed by atoms with Crippen LogP contribution >= 0.6 is 0 Å². The van der Waals surface area contributed by atoms with E-state index in [4.69, 9.17) is 24.9 Å². The van der Waals surface area contributed by atoms with Crippen molar-refractivity contribution >= 4 is 22.5 Å². The number of methoxy groups -OCH3 is 1. The molecule has 7 heteroatoms. The van der Waals surface area contributed by atoms with Crippen LogP contribution in [0.1, 0.15) is 27.2 Å². The molecule has 3 heterocycles. The number of nitrogens with two attached hydrogens (primary N) is 1. The Balaban J connectivity index is 1.42.